The normalized spacial score (nSPS) is 17.8. The summed E-state index contributed by atoms with van der Waals surface area (Å²) < 4.78 is 22.8. The maximum atomic E-state index is 12.1. The van der Waals surface area contributed by atoms with Gasteiger partial charge in [0, 0.05) is 12.8 Å². The SMILES string of the molecule is Cc1nc(C)c(C(=O)NCC2(S(C)(=O)=O)CCC2)s1. The second-order valence-corrected chi connectivity index (χ2v) is 8.75. The molecule has 1 aliphatic rings. The lowest BCUT2D eigenvalue weighted by molar-refractivity contribution is 0.0946. The number of thiazole rings is 1. The predicted octanol–water partition coefficient (Wildman–Crippen LogP) is 1.46. The molecule has 1 amide bonds. The number of hydrogen-bond donors (Lipinski definition) is 1. The Hall–Kier alpha value is -0.950. The van der Waals surface area contributed by atoms with E-state index in [1.54, 1.807) is 6.92 Å². The van der Waals surface area contributed by atoms with Gasteiger partial charge in [-0.1, -0.05) is 6.42 Å². The quantitative estimate of drug-likeness (QED) is 0.913. The summed E-state index contributed by atoms with van der Waals surface area (Å²) in [5.74, 6) is -0.224. The average molecular weight is 302 g/mol. The van der Waals surface area contributed by atoms with Gasteiger partial charge in [0.2, 0.25) is 0 Å². The van der Waals surface area contributed by atoms with Crippen LogP contribution in [0.5, 0.6) is 0 Å². The molecular formula is C12H18N2O3S2. The van der Waals surface area contributed by atoms with Crippen LogP contribution in [0.1, 0.15) is 39.6 Å². The van der Waals surface area contributed by atoms with Crippen molar-refractivity contribution in [3.8, 4) is 0 Å². The first-order valence-corrected chi connectivity index (χ1v) is 8.88. The van der Waals surface area contributed by atoms with Crippen LogP contribution >= 0.6 is 11.3 Å². The van der Waals surface area contributed by atoms with Gasteiger partial charge < -0.3 is 5.32 Å². The lowest BCUT2D eigenvalue weighted by Gasteiger charge is -2.39. The van der Waals surface area contributed by atoms with E-state index in [4.69, 9.17) is 0 Å². The molecule has 1 saturated carbocycles. The number of aryl methyl sites for hydroxylation is 2. The first kappa shape index (κ1) is 14.5. The Kier molecular flexibility index (Phi) is 3.70. The molecule has 0 radical (unpaired) electrons. The molecule has 19 heavy (non-hydrogen) atoms. The number of nitrogens with one attached hydrogen (secondary N) is 1. The second-order valence-electron chi connectivity index (χ2n) is 5.14. The molecule has 1 aromatic heterocycles. The van der Waals surface area contributed by atoms with Gasteiger partial charge >= 0.3 is 0 Å². The smallest absolute Gasteiger partial charge is 0.263 e. The monoisotopic (exact) mass is 302 g/mol. The molecule has 106 valence electrons. The molecule has 0 spiro atoms. The Morgan fingerprint density at radius 2 is 2.05 bits per heavy atom. The van der Waals surface area contributed by atoms with Gasteiger partial charge in [-0.3, -0.25) is 4.79 Å². The summed E-state index contributed by atoms with van der Waals surface area (Å²) in [4.78, 5) is 16.8. The lowest BCUT2D eigenvalue weighted by Crippen LogP contribution is -2.53. The summed E-state index contributed by atoms with van der Waals surface area (Å²) in [5.41, 5.74) is 0.696. The van der Waals surface area contributed by atoms with Gasteiger partial charge in [-0.05, 0) is 26.7 Å². The van der Waals surface area contributed by atoms with Crippen molar-refractivity contribution in [3.05, 3.63) is 15.6 Å². The zero-order valence-electron chi connectivity index (χ0n) is 11.3. The molecule has 0 saturated heterocycles. The number of hydrogen-bond acceptors (Lipinski definition) is 5. The third-order valence-corrected chi connectivity index (χ3v) is 6.93. The minimum absolute atomic E-state index is 0.195. The molecule has 1 N–H and O–H groups in total. The molecule has 0 bridgehead atoms. The first-order valence-electron chi connectivity index (χ1n) is 6.17. The maximum Gasteiger partial charge on any atom is 0.263 e. The predicted molar refractivity (Wildman–Crippen MR) is 75.3 cm³/mol. The van der Waals surface area contributed by atoms with Gasteiger partial charge in [0.25, 0.3) is 5.91 Å². The minimum atomic E-state index is -3.14. The van der Waals surface area contributed by atoms with Crippen molar-refractivity contribution in [2.45, 2.75) is 37.9 Å². The molecule has 1 aromatic rings. The van der Waals surface area contributed by atoms with E-state index in [9.17, 15) is 13.2 Å². The average Bonchev–Trinajstić information content (AvgIpc) is 2.53. The molecule has 1 fully saturated rings. The van der Waals surface area contributed by atoms with Gasteiger partial charge in [-0.2, -0.15) is 0 Å². The van der Waals surface area contributed by atoms with Gasteiger partial charge in [0.05, 0.1) is 15.4 Å². The highest BCUT2D eigenvalue weighted by Crippen LogP contribution is 2.38. The standard InChI is InChI=1S/C12H18N2O3S2/c1-8-10(18-9(2)14-8)11(15)13-7-12(5-4-6-12)19(3,16)17/h4-7H2,1-3H3,(H,13,15). The minimum Gasteiger partial charge on any atom is -0.350 e. The molecule has 1 aliphatic carbocycles. The van der Waals surface area contributed by atoms with Crippen molar-refractivity contribution in [3.63, 3.8) is 0 Å². The number of nitrogens with zero attached hydrogens (tertiary/aromatic N) is 1. The fourth-order valence-electron chi connectivity index (χ4n) is 2.31. The van der Waals surface area contributed by atoms with E-state index in [1.165, 1.54) is 17.6 Å². The maximum absolute atomic E-state index is 12.1. The van der Waals surface area contributed by atoms with Crippen LogP contribution in [0.2, 0.25) is 0 Å². The van der Waals surface area contributed by atoms with E-state index in [1.807, 2.05) is 6.92 Å². The summed E-state index contributed by atoms with van der Waals surface area (Å²) >= 11 is 1.33. The van der Waals surface area contributed by atoms with Crippen LogP contribution in [0.3, 0.4) is 0 Å². The zero-order valence-corrected chi connectivity index (χ0v) is 12.9. The van der Waals surface area contributed by atoms with E-state index < -0.39 is 14.6 Å². The van der Waals surface area contributed by atoms with Crippen LogP contribution in [-0.2, 0) is 9.84 Å². The van der Waals surface area contributed by atoms with E-state index in [0.717, 1.165) is 11.4 Å². The molecule has 0 unspecified atom stereocenters. The van der Waals surface area contributed by atoms with E-state index in [0.29, 0.717) is 23.4 Å². The highest BCUT2D eigenvalue weighted by Gasteiger charge is 2.46. The molecular weight excluding hydrogens is 284 g/mol. The molecule has 7 heteroatoms. The van der Waals surface area contributed by atoms with Crippen molar-refractivity contribution in [2.24, 2.45) is 0 Å². The van der Waals surface area contributed by atoms with Gasteiger partial charge in [-0.15, -0.1) is 11.3 Å². The van der Waals surface area contributed by atoms with Crippen LogP contribution in [0.25, 0.3) is 0 Å². The van der Waals surface area contributed by atoms with Crippen LogP contribution in [0.15, 0.2) is 0 Å². The highest BCUT2D eigenvalue weighted by molar-refractivity contribution is 7.92. The molecule has 1 heterocycles. The fourth-order valence-corrected chi connectivity index (χ4v) is 4.51. The Bertz CT molecular complexity index is 600. The number of carbonyl (C=O) groups excluding carboxylic acids is 1. The molecule has 5 nitrogen and oxygen atoms in total. The molecule has 2 rings (SSSR count). The van der Waals surface area contributed by atoms with Crippen LogP contribution < -0.4 is 5.32 Å². The Labute approximate surface area is 117 Å². The number of rotatable bonds is 4. The van der Waals surface area contributed by atoms with Gasteiger partial charge in [-0.25, -0.2) is 13.4 Å². The van der Waals surface area contributed by atoms with E-state index in [-0.39, 0.29) is 12.5 Å². The van der Waals surface area contributed by atoms with Crippen molar-refractivity contribution >= 4 is 27.1 Å². The third kappa shape index (κ3) is 2.67. The van der Waals surface area contributed by atoms with Crippen LogP contribution in [0, 0.1) is 13.8 Å². The number of aromatic nitrogens is 1. The summed E-state index contributed by atoms with van der Waals surface area (Å²) in [6.45, 7) is 3.83. The first-order chi connectivity index (χ1) is 8.75. The summed E-state index contributed by atoms with van der Waals surface area (Å²) in [6.07, 6.45) is 3.42. The Morgan fingerprint density at radius 1 is 1.42 bits per heavy atom. The lowest BCUT2D eigenvalue weighted by atomic mass is 9.84. The number of amides is 1. The third-order valence-electron chi connectivity index (χ3n) is 3.73. The summed E-state index contributed by atoms with van der Waals surface area (Å²) in [6, 6.07) is 0. The van der Waals surface area contributed by atoms with Crippen molar-refractivity contribution in [2.75, 3.05) is 12.8 Å². The summed E-state index contributed by atoms with van der Waals surface area (Å²) in [5, 5.41) is 3.59. The molecule has 0 aromatic carbocycles. The molecule has 0 atom stereocenters. The van der Waals surface area contributed by atoms with Gasteiger partial charge in [0.1, 0.15) is 4.88 Å². The van der Waals surface area contributed by atoms with Gasteiger partial charge in [0.15, 0.2) is 9.84 Å². The highest BCUT2D eigenvalue weighted by atomic mass is 32.2. The summed E-state index contributed by atoms with van der Waals surface area (Å²) in [7, 11) is -3.14. The fraction of sp³-hybridized carbons (Fsp3) is 0.667. The number of sulfone groups is 1. The zero-order chi connectivity index (χ0) is 14.3. The Balaban J connectivity index is 2.07. The second kappa shape index (κ2) is 4.86. The Morgan fingerprint density at radius 3 is 2.42 bits per heavy atom. The van der Waals surface area contributed by atoms with Crippen molar-refractivity contribution in [1.82, 2.24) is 10.3 Å². The largest absolute Gasteiger partial charge is 0.350 e. The van der Waals surface area contributed by atoms with E-state index >= 15 is 0 Å². The van der Waals surface area contributed by atoms with Crippen LogP contribution in [0.4, 0.5) is 0 Å². The van der Waals surface area contributed by atoms with Crippen LogP contribution in [-0.4, -0.2) is 36.9 Å². The van der Waals surface area contributed by atoms with Crippen molar-refractivity contribution < 1.29 is 13.2 Å². The molecule has 0 aliphatic heterocycles. The van der Waals surface area contributed by atoms with E-state index in [2.05, 4.69) is 10.3 Å². The topological polar surface area (TPSA) is 76.1 Å². The number of carbonyl (C=O) groups is 1. The van der Waals surface area contributed by atoms with Crippen molar-refractivity contribution in [1.29, 1.82) is 0 Å².